The van der Waals surface area contributed by atoms with E-state index in [1.807, 2.05) is 21.7 Å². The van der Waals surface area contributed by atoms with E-state index in [0.29, 0.717) is 76.9 Å². The summed E-state index contributed by atoms with van der Waals surface area (Å²) in [5.41, 5.74) is 4.31. The van der Waals surface area contributed by atoms with Crippen molar-refractivity contribution in [2.24, 2.45) is 16.2 Å². The van der Waals surface area contributed by atoms with Gasteiger partial charge in [-0.1, -0.05) is 36.0 Å². The van der Waals surface area contributed by atoms with Crippen LogP contribution in [0.15, 0.2) is 184 Å². The molecule has 3 spiro atoms. The van der Waals surface area contributed by atoms with Crippen LogP contribution in [0.1, 0.15) is 105 Å². The van der Waals surface area contributed by atoms with Gasteiger partial charge in [-0.25, -0.2) is 28.5 Å². The highest BCUT2D eigenvalue weighted by molar-refractivity contribution is 6.06. The van der Waals surface area contributed by atoms with E-state index in [2.05, 4.69) is 107 Å². The van der Waals surface area contributed by atoms with Crippen LogP contribution in [0.25, 0.3) is 16.9 Å². The first-order chi connectivity index (χ1) is 56.5. The van der Waals surface area contributed by atoms with E-state index >= 15 is 0 Å². The highest BCUT2D eigenvalue weighted by Crippen LogP contribution is 2.45. The second-order valence-electron chi connectivity index (χ2n) is 30.5. The van der Waals surface area contributed by atoms with Crippen LogP contribution in [-0.2, 0) is 43.0 Å². The Bertz CT molecular complexity index is 6100. The zero-order valence-corrected chi connectivity index (χ0v) is 63.1. The number of fused-ring (bicyclic) bond motifs is 3. The Kier molecular flexibility index (Phi) is 21.1. The van der Waals surface area contributed by atoms with Crippen molar-refractivity contribution in [3.8, 4) is 35.5 Å². The maximum absolute atomic E-state index is 14.0. The molecule has 6 aliphatic heterocycles. The minimum absolute atomic E-state index is 0.00543. The molecule has 9 aromatic heterocycles. The molecule has 6 aliphatic rings. The van der Waals surface area contributed by atoms with Crippen LogP contribution in [0.4, 0.5) is 56.6 Å². The molecule has 15 heterocycles. The first-order valence-corrected chi connectivity index (χ1v) is 37.2. The van der Waals surface area contributed by atoms with E-state index in [9.17, 15) is 58.7 Å². The maximum atomic E-state index is 14.0. The Hall–Kier alpha value is -13.3. The SMILES string of the molecule is CC(=O)N1CC2(CN(Cc3ccc(NC(=O)c4cncc(C#Cc5cnc6cccnn56)c4)cc3C(F)(F)F)C2)C1.CN1CC2(C1)CN(Cc1ccc(NC(=O)c3cncc(C#Cc4cnc5cccnn45)c3)cc1C(F)(F)F)C2.O=C(Nc1ccc(CN2CC3(CNC3)C2)c(C(F)(F)F)c1)c1cncc(C#Cc2cnc3cccnn23)c1. The molecule has 12 aromatic rings. The maximum Gasteiger partial charge on any atom is 0.416 e. The normalized spacial score (nSPS) is 16.4. The van der Waals surface area contributed by atoms with E-state index in [1.165, 1.54) is 98.7 Å². The molecule has 0 unspecified atom stereocenters. The second kappa shape index (κ2) is 31.7. The predicted octanol–water partition coefficient (Wildman–Crippen LogP) is 10.2. The molecule has 18 rings (SSSR count). The summed E-state index contributed by atoms with van der Waals surface area (Å²) in [6, 6.07) is 27.0. The fourth-order valence-corrected chi connectivity index (χ4v) is 15.8. The van der Waals surface area contributed by atoms with Gasteiger partial charge >= 0.3 is 18.5 Å². The van der Waals surface area contributed by atoms with Crippen molar-refractivity contribution >= 4 is 57.6 Å². The summed E-state index contributed by atoms with van der Waals surface area (Å²) in [6.45, 7) is 11.7. The average Bonchev–Trinajstić information content (AvgIpc) is 0.926. The quantitative estimate of drug-likeness (QED) is 0.0655. The van der Waals surface area contributed by atoms with Crippen LogP contribution in [0.5, 0.6) is 0 Å². The lowest BCUT2D eigenvalue weighted by atomic mass is 9.72. The number of aromatic nitrogens is 12. The number of hydrogen-bond donors (Lipinski definition) is 4. The standard InChI is InChI=1S/C29H24F3N7O2.C28H24F3N7O.C27H22F3N7O/c1-19(40)38-17-28(18-38)15-37(16-28)14-21-5-6-23(10-25(21)29(30,31)32)36-27(41)22-9-20(11-33-12-22)4-7-24-13-34-26-3-2-8-35-39(24)26;1-36-15-27(16-36)17-37(18-27)14-20-5-6-22(10-24(20)28(29,30)31)35-26(39)21-9-19(11-32-12-21)4-7-23-13-33-25-3-2-8-34-38(23)25;28-27(29,30)23-9-21(5-4-19(23)13-36-16-26(17-36)14-32-15-26)35-25(38)20-8-18(10-31-11-20)3-6-22-12-33-24-2-1-7-34-37(22)24/h2-3,5-6,8-13H,14-18H2,1H3,(H,36,41);2-3,5-6,8-13H,14-18H2,1H3,(H,35,39);1-2,4-5,7-12,32H,13-17H2,(H,35,38). The van der Waals surface area contributed by atoms with Gasteiger partial charge in [0.15, 0.2) is 16.9 Å². The molecular weight excluding hydrogens is 1540 g/mol. The molecule has 598 valence electrons. The van der Waals surface area contributed by atoms with Gasteiger partial charge in [0.1, 0.15) is 17.1 Å². The van der Waals surface area contributed by atoms with Crippen LogP contribution in [0.2, 0.25) is 0 Å². The van der Waals surface area contributed by atoms with Crippen LogP contribution < -0.4 is 21.3 Å². The third-order valence-corrected chi connectivity index (χ3v) is 21.1. The summed E-state index contributed by atoms with van der Waals surface area (Å²) in [5, 5.41) is 23.5. The van der Waals surface area contributed by atoms with Crippen molar-refractivity contribution < 1.29 is 58.7 Å². The van der Waals surface area contributed by atoms with Gasteiger partial charge in [-0.05, 0) is 132 Å². The van der Waals surface area contributed by atoms with Crippen LogP contribution in [0.3, 0.4) is 0 Å². The topological polar surface area (TPSA) is 262 Å². The van der Waals surface area contributed by atoms with Crippen LogP contribution in [-0.4, -0.2) is 192 Å². The zero-order valence-electron chi connectivity index (χ0n) is 63.1. The smallest absolute Gasteiger partial charge is 0.341 e. The third-order valence-electron chi connectivity index (χ3n) is 21.1. The van der Waals surface area contributed by atoms with Crippen molar-refractivity contribution in [3.63, 3.8) is 0 Å². The van der Waals surface area contributed by atoms with Gasteiger partial charge in [-0.15, -0.1) is 0 Å². The number of anilines is 3. The first kappa shape index (κ1) is 78.6. The van der Waals surface area contributed by atoms with E-state index in [1.54, 1.807) is 92.0 Å². The lowest BCUT2D eigenvalue weighted by Gasteiger charge is -2.60. The Morgan fingerprint density at radius 1 is 0.407 bits per heavy atom. The van der Waals surface area contributed by atoms with Gasteiger partial charge in [-0.2, -0.15) is 54.8 Å². The van der Waals surface area contributed by atoms with Crippen molar-refractivity contribution in [2.45, 2.75) is 45.1 Å². The number of rotatable bonds is 12. The molecule has 25 nitrogen and oxygen atoms in total. The predicted molar refractivity (Wildman–Crippen MR) is 414 cm³/mol. The molecule has 118 heavy (non-hydrogen) atoms. The number of nitrogens with zero attached hydrogens (tertiary/aromatic N) is 17. The molecule has 0 saturated carbocycles. The number of halogens is 9. The molecule has 0 bridgehead atoms. The summed E-state index contributed by atoms with van der Waals surface area (Å²) >= 11 is 0. The fourth-order valence-electron chi connectivity index (χ4n) is 15.8. The second-order valence-corrected chi connectivity index (χ2v) is 30.5. The Labute approximate surface area is 667 Å². The highest BCUT2D eigenvalue weighted by atomic mass is 19.4. The molecule has 0 atom stereocenters. The molecule has 0 radical (unpaired) electrons. The minimum atomic E-state index is -4.59. The zero-order chi connectivity index (χ0) is 82.3. The number of amides is 4. The largest absolute Gasteiger partial charge is 0.416 e. The molecule has 4 N–H and O–H groups in total. The number of benzene rings is 3. The van der Waals surface area contributed by atoms with Gasteiger partial charge in [-0.3, -0.25) is 48.8 Å². The molecular formula is C84H70F9N21O4. The van der Waals surface area contributed by atoms with Crippen molar-refractivity contribution in [1.29, 1.82) is 0 Å². The first-order valence-electron chi connectivity index (χ1n) is 37.2. The van der Waals surface area contributed by atoms with Crippen LogP contribution >= 0.6 is 0 Å². The van der Waals surface area contributed by atoms with Gasteiger partial charge in [0, 0.05) is 211 Å². The Morgan fingerprint density at radius 2 is 0.729 bits per heavy atom. The number of hydrogen-bond acceptors (Lipinski definition) is 18. The van der Waals surface area contributed by atoms with E-state index < -0.39 is 52.9 Å². The number of imidazole rings is 3. The number of carbonyl (C=O) groups excluding carboxylic acids is 4. The summed E-state index contributed by atoms with van der Waals surface area (Å²) in [6.07, 6.45) is 4.42. The van der Waals surface area contributed by atoms with Crippen molar-refractivity contribution in [1.82, 2.24) is 88.6 Å². The minimum Gasteiger partial charge on any atom is -0.341 e. The number of likely N-dealkylation sites (tertiary alicyclic amines) is 5. The summed E-state index contributed by atoms with van der Waals surface area (Å²) in [4.78, 5) is 84.9. The lowest BCUT2D eigenvalue weighted by molar-refractivity contribution is -0.158. The third kappa shape index (κ3) is 17.5. The van der Waals surface area contributed by atoms with Gasteiger partial charge in [0.25, 0.3) is 17.7 Å². The monoisotopic (exact) mass is 1610 g/mol. The molecule has 34 heteroatoms. The van der Waals surface area contributed by atoms with Gasteiger partial charge in [0.05, 0.1) is 52.0 Å². The molecule has 4 amide bonds. The van der Waals surface area contributed by atoms with Crippen LogP contribution in [0, 0.1) is 51.8 Å². The van der Waals surface area contributed by atoms with E-state index in [-0.39, 0.29) is 92.2 Å². The van der Waals surface area contributed by atoms with E-state index in [0.717, 1.165) is 70.6 Å². The average molecular weight is 1610 g/mol. The molecule has 6 saturated heterocycles. The molecule has 0 aliphatic carbocycles. The van der Waals surface area contributed by atoms with Crippen molar-refractivity contribution in [3.05, 3.63) is 267 Å². The van der Waals surface area contributed by atoms with Gasteiger partial charge in [0.2, 0.25) is 5.91 Å². The Morgan fingerprint density at radius 3 is 1.03 bits per heavy atom. The van der Waals surface area contributed by atoms with Gasteiger partial charge < -0.3 is 31.1 Å². The molecule has 6 fully saturated rings. The number of pyridine rings is 3. The van der Waals surface area contributed by atoms with Crippen molar-refractivity contribution in [2.75, 3.05) is 102 Å². The summed E-state index contributed by atoms with van der Waals surface area (Å²) in [5.74, 6) is 15.9. The highest BCUT2D eigenvalue weighted by Gasteiger charge is 2.53. The number of nitrogens with one attached hydrogen (secondary N) is 4. The number of carbonyl (C=O) groups is 4. The fraction of sp³-hybridized carbons (Fsp3) is 0.274. The van der Waals surface area contributed by atoms with E-state index in [4.69, 9.17) is 0 Å². The number of alkyl halides is 9. The summed E-state index contributed by atoms with van der Waals surface area (Å²) in [7, 11) is 2.04. The Balaban J connectivity index is 0.000000132. The molecule has 3 aromatic carbocycles. The summed E-state index contributed by atoms with van der Waals surface area (Å²) < 4.78 is 130. The lowest BCUT2D eigenvalue weighted by Crippen LogP contribution is -2.72.